The first-order valence-electron chi connectivity index (χ1n) is 9.83. The predicted octanol–water partition coefficient (Wildman–Crippen LogP) is 1.83. The van der Waals surface area contributed by atoms with Crippen LogP contribution >= 0.6 is 0 Å². The van der Waals surface area contributed by atoms with Crippen LogP contribution in [0.5, 0.6) is 5.75 Å². The van der Waals surface area contributed by atoms with E-state index in [9.17, 15) is 9.59 Å². The number of nitrogens with one attached hydrogen (secondary N) is 1. The molecule has 1 aliphatic rings. The summed E-state index contributed by atoms with van der Waals surface area (Å²) in [5, 5.41) is 3.94. The molecule has 1 aliphatic heterocycles. The minimum absolute atomic E-state index is 0.0865. The van der Waals surface area contributed by atoms with Crippen molar-refractivity contribution in [3.05, 3.63) is 40.2 Å². The Morgan fingerprint density at radius 3 is 2.61 bits per heavy atom. The molecule has 1 saturated heterocycles. The van der Waals surface area contributed by atoms with Gasteiger partial charge in [-0.3, -0.25) is 14.6 Å². The van der Waals surface area contributed by atoms with Crippen molar-refractivity contribution in [2.75, 3.05) is 39.8 Å². The minimum Gasteiger partial charge on any atom is -0.497 e. The topological polar surface area (TPSA) is 75.0 Å². The predicted molar refractivity (Wildman–Crippen MR) is 109 cm³/mol. The zero-order valence-electron chi connectivity index (χ0n) is 16.9. The molecule has 152 valence electrons. The second-order valence-corrected chi connectivity index (χ2v) is 7.38. The van der Waals surface area contributed by atoms with E-state index in [1.807, 2.05) is 19.1 Å². The lowest BCUT2D eigenvalue weighted by atomic mass is 10.1. The fourth-order valence-electron chi connectivity index (χ4n) is 3.44. The minimum atomic E-state index is -0.351. The van der Waals surface area contributed by atoms with Crippen molar-refractivity contribution in [1.29, 1.82) is 0 Å². The third-order valence-corrected chi connectivity index (χ3v) is 5.28. The number of ether oxygens (including phenoxy) is 1. The highest BCUT2D eigenvalue weighted by Gasteiger charge is 2.20. The maximum absolute atomic E-state index is 12.1. The molecule has 1 N–H and O–H groups in total. The summed E-state index contributed by atoms with van der Waals surface area (Å²) in [6.45, 7) is 8.59. The number of benzene rings is 1. The summed E-state index contributed by atoms with van der Waals surface area (Å²) in [5.74, 6) is 0.750. The highest BCUT2D eigenvalue weighted by molar-refractivity contribution is 5.81. The zero-order chi connectivity index (χ0) is 20.1. The van der Waals surface area contributed by atoms with Gasteiger partial charge in [-0.2, -0.15) is 0 Å². The van der Waals surface area contributed by atoms with Gasteiger partial charge in [-0.15, -0.1) is 0 Å². The first kappa shape index (κ1) is 20.4. The van der Waals surface area contributed by atoms with Gasteiger partial charge in [0, 0.05) is 56.3 Å². The molecule has 28 heavy (non-hydrogen) atoms. The molecule has 0 spiro atoms. The third-order valence-electron chi connectivity index (χ3n) is 5.28. The molecule has 2 heterocycles. The second kappa shape index (κ2) is 9.21. The highest BCUT2D eigenvalue weighted by Crippen LogP contribution is 2.23. The first-order valence-corrected chi connectivity index (χ1v) is 9.83. The summed E-state index contributed by atoms with van der Waals surface area (Å²) in [7, 11) is 1.59. The Labute approximate surface area is 165 Å². The van der Waals surface area contributed by atoms with Crippen LogP contribution in [0.1, 0.15) is 25.8 Å². The Hall–Kier alpha value is -2.38. The van der Waals surface area contributed by atoms with Crippen molar-refractivity contribution in [2.45, 2.75) is 32.9 Å². The van der Waals surface area contributed by atoms with Crippen LogP contribution in [0.4, 0.5) is 0 Å². The monoisotopic (exact) mass is 387 g/mol. The van der Waals surface area contributed by atoms with E-state index in [1.165, 1.54) is 0 Å². The van der Waals surface area contributed by atoms with E-state index in [1.54, 1.807) is 19.2 Å². The van der Waals surface area contributed by atoms with Crippen LogP contribution in [0.25, 0.3) is 11.0 Å². The van der Waals surface area contributed by atoms with Crippen LogP contribution < -0.4 is 15.7 Å². The average Bonchev–Trinajstić information content (AvgIpc) is 2.68. The highest BCUT2D eigenvalue weighted by atomic mass is 16.5. The maximum Gasteiger partial charge on any atom is 0.336 e. The number of hydrogen-bond donors (Lipinski definition) is 1. The van der Waals surface area contributed by atoms with Crippen LogP contribution in [0.15, 0.2) is 33.5 Å². The van der Waals surface area contributed by atoms with E-state index in [0.29, 0.717) is 24.4 Å². The molecule has 1 unspecified atom stereocenters. The maximum atomic E-state index is 12.1. The largest absolute Gasteiger partial charge is 0.497 e. The molecule has 1 atom stereocenters. The molecular formula is C21H29N3O4. The molecule has 1 amide bonds. The van der Waals surface area contributed by atoms with Crippen LogP contribution in [0.2, 0.25) is 0 Å². The summed E-state index contributed by atoms with van der Waals surface area (Å²) in [4.78, 5) is 28.5. The number of fused-ring (bicyclic) bond motifs is 1. The van der Waals surface area contributed by atoms with Gasteiger partial charge in [-0.05, 0) is 31.0 Å². The fraction of sp³-hybridized carbons (Fsp3) is 0.524. The number of carbonyl (C=O) groups is 1. The Bertz CT molecular complexity index is 872. The van der Waals surface area contributed by atoms with Crippen LogP contribution in [0.3, 0.4) is 0 Å². The fourth-order valence-corrected chi connectivity index (χ4v) is 3.44. The van der Waals surface area contributed by atoms with Gasteiger partial charge in [-0.25, -0.2) is 4.79 Å². The molecule has 1 aromatic heterocycles. The quantitative estimate of drug-likeness (QED) is 0.731. The number of piperazine rings is 1. The smallest absolute Gasteiger partial charge is 0.336 e. The van der Waals surface area contributed by atoms with Crippen molar-refractivity contribution in [3.63, 3.8) is 0 Å². The summed E-state index contributed by atoms with van der Waals surface area (Å²) < 4.78 is 10.5. The molecule has 7 nitrogen and oxygen atoms in total. The molecule has 7 heteroatoms. The van der Waals surface area contributed by atoms with E-state index in [4.69, 9.17) is 9.15 Å². The van der Waals surface area contributed by atoms with Crippen molar-refractivity contribution in [1.82, 2.24) is 15.1 Å². The number of methoxy groups -OCH3 is 1. The van der Waals surface area contributed by atoms with E-state index in [0.717, 1.165) is 43.5 Å². The number of nitrogens with zero attached hydrogens (tertiary/aromatic N) is 2. The van der Waals surface area contributed by atoms with Gasteiger partial charge in [0.2, 0.25) is 5.91 Å². The van der Waals surface area contributed by atoms with Crippen LogP contribution in [-0.2, 0) is 11.3 Å². The summed E-state index contributed by atoms with van der Waals surface area (Å²) in [5.41, 5.74) is 1.15. The molecule has 0 bridgehead atoms. The van der Waals surface area contributed by atoms with E-state index in [2.05, 4.69) is 22.0 Å². The molecule has 3 rings (SSSR count). The number of rotatable bonds is 7. The molecule has 0 radical (unpaired) electrons. The molecule has 1 fully saturated rings. The SMILES string of the molecule is CCC(C)NC(=O)CN1CCN(Cc2cc(=O)oc3cc(OC)ccc23)CC1. The zero-order valence-corrected chi connectivity index (χ0v) is 16.9. The molecule has 0 saturated carbocycles. The Kier molecular flexibility index (Phi) is 6.70. The summed E-state index contributed by atoms with van der Waals surface area (Å²) >= 11 is 0. The van der Waals surface area contributed by atoms with Crippen molar-refractivity contribution < 1.29 is 13.9 Å². The summed E-state index contributed by atoms with van der Waals surface area (Å²) in [6.07, 6.45) is 0.935. The molecular weight excluding hydrogens is 358 g/mol. The number of carbonyl (C=O) groups excluding carboxylic acids is 1. The van der Waals surface area contributed by atoms with Crippen molar-refractivity contribution >= 4 is 16.9 Å². The van der Waals surface area contributed by atoms with Gasteiger partial charge in [0.25, 0.3) is 0 Å². The lowest BCUT2D eigenvalue weighted by molar-refractivity contribution is -0.123. The van der Waals surface area contributed by atoms with Gasteiger partial charge in [0.05, 0.1) is 13.7 Å². The second-order valence-electron chi connectivity index (χ2n) is 7.38. The van der Waals surface area contributed by atoms with Crippen LogP contribution in [-0.4, -0.2) is 61.6 Å². The first-order chi connectivity index (χ1) is 13.5. The summed E-state index contributed by atoms with van der Waals surface area (Å²) in [6, 6.07) is 7.33. The molecule has 0 aliphatic carbocycles. The number of hydrogen-bond acceptors (Lipinski definition) is 6. The van der Waals surface area contributed by atoms with Gasteiger partial charge in [-0.1, -0.05) is 6.92 Å². The van der Waals surface area contributed by atoms with Gasteiger partial charge < -0.3 is 14.5 Å². The van der Waals surface area contributed by atoms with Crippen LogP contribution in [0, 0.1) is 0 Å². The van der Waals surface area contributed by atoms with E-state index < -0.39 is 0 Å². The molecule has 1 aromatic carbocycles. The molecule has 2 aromatic rings. The third kappa shape index (κ3) is 5.11. The van der Waals surface area contributed by atoms with Gasteiger partial charge in [0.15, 0.2) is 0 Å². The van der Waals surface area contributed by atoms with Gasteiger partial charge in [0.1, 0.15) is 11.3 Å². The van der Waals surface area contributed by atoms with Crippen molar-refractivity contribution in [3.8, 4) is 5.75 Å². The van der Waals surface area contributed by atoms with Gasteiger partial charge >= 0.3 is 5.63 Å². The lowest BCUT2D eigenvalue weighted by Crippen LogP contribution is -2.49. The lowest BCUT2D eigenvalue weighted by Gasteiger charge is -2.34. The Morgan fingerprint density at radius 2 is 1.93 bits per heavy atom. The normalized spacial score (nSPS) is 16.8. The Balaban J connectivity index is 1.60. The van der Waals surface area contributed by atoms with Crippen molar-refractivity contribution in [2.24, 2.45) is 0 Å². The van der Waals surface area contributed by atoms with E-state index in [-0.39, 0.29) is 17.6 Å². The average molecular weight is 387 g/mol. The Morgan fingerprint density at radius 1 is 1.21 bits per heavy atom. The standard InChI is InChI=1S/C21H29N3O4/c1-4-15(2)22-20(25)14-24-9-7-23(8-10-24)13-16-11-21(26)28-19-12-17(27-3)5-6-18(16)19/h5-6,11-12,15H,4,7-10,13-14H2,1-3H3,(H,22,25). The number of amides is 1. The van der Waals surface area contributed by atoms with E-state index >= 15 is 0 Å².